The van der Waals surface area contributed by atoms with Crippen molar-refractivity contribution in [1.82, 2.24) is 15.0 Å². The molecule has 0 radical (unpaired) electrons. The number of carbonyl (C=O) groups is 1. The van der Waals surface area contributed by atoms with Gasteiger partial charge in [0.1, 0.15) is 11.6 Å². The maximum absolute atomic E-state index is 13.2. The first-order valence-electron chi connectivity index (χ1n) is 12.3. The average Bonchev–Trinajstić information content (AvgIpc) is 2.89. The molecule has 3 aromatic rings. The molecule has 3 rings (SSSR count). The van der Waals surface area contributed by atoms with Crippen molar-refractivity contribution in [3.8, 4) is 0 Å². The molecule has 1 aromatic carbocycles. The molecule has 0 saturated heterocycles. The van der Waals surface area contributed by atoms with E-state index in [1.807, 2.05) is 30.9 Å². The SMILES string of the molecule is CCN(CC)c1ncc(N=O)c(N[C@@H](Cc2ccc(Nc3ncccc3N=O)cc2)C(=O)OC(C)(C)C)n1. The highest BCUT2D eigenvalue weighted by atomic mass is 16.6. The fourth-order valence-corrected chi connectivity index (χ4v) is 3.59. The van der Waals surface area contributed by atoms with Crippen molar-refractivity contribution in [2.75, 3.05) is 28.6 Å². The van der Waals surface area contributed by atoms with Gasteiger partial charge >= 0.3 is 5.97 Å². The van der Waals surface area contributed by atoms with E-state index in [0.29, 0.717) is 30.5 Å². The third-order valence-electron chi connectivity index (χ3n) is 5.44. The van der Waals surface area contributed by atoms with Crippen LogP contribution in [-0.4, -0.2) is 45.7 Å². The molecule has 2 heterocycles. The molecule has 200 valence electrons. The molecule has 0 aliphatic carbocycles. The lowest BCUT2D eigenvalue weighted by Crippen LogP contribution is -2.38. The Morgan fingerprint density at radius 2 is 1.68 bits per heavy atom. The highest BCUT2D eigenvalue weighted by Crippen LogP contribution is 2.27. The van der Waals surface area contributed by atoms with E-state index < -0.39 is 17.6 Å². The Balaban J connectivity index is 1.86. The molecule has 0 bridgehead atoms. The van der Waals surface area contributed by atoms with Crippen LogP contribution in [0.5, 0.6) is 0 Å². The van der Waals surface area contributed by atoms with Gasteiger partial charge in [0, 0.05) is 31.4 Å². The van der Waals surface area contributed by atoms with Gasteiger partial charge in [0.25, 0.3) is 0 Å². The van der Waals surface area contributed by atoms with E-state index in [4.69, 9.17) is 4.74 Å². The molecule has 0 spiro atoms. The predicted octanol–water partition coefficient (Wildman–Crippen LogP) is 5.62. The Morgan fingerprint density at radius 1 is 1.00 bits per heavy atom. The van der Waals surface area contributed by atoms with Gasteiger partial charge in [-0.05, 0) is 74.8 Å². The van der Waals surface area contributed by atoms with E-state index in [9.17, 15) is 14.6 Å². The van der Waals surface area contributed by atoms with Gasteiger partial charge in [-0.2, -0.15) is 4.98 Å². The summed E-state index contributed by atoms with van der Waals surface area (Å²) in [5, 5.41) is 12.1. The van der Waals surface area contributed by atoms with E-state index in [1.165, 1.54) is 6.20 Å². The zero-order valence-electron chi connectivity index (χ0n) is 22.1. The highest BCUT2D eigenvalue weighted by Gasteiger charge is 2.27. The molecule has 2 N–H and O–H groups in total. The average molecular weight is 521 g/mol. The van der Waals surface area contributed by atoms with Crippen LogP contribution in [0.25, 0.3) is 0 Å². The van der Waals surface area contributed by atoms with Crippen molar-refractivity contribution in [2.45, 2.75) is 52.7 Å². The monoisotopic (exact) mass is 520 g/mol. The zero-order chi connectivity index (χ0) is 27.7. The van der Waals surface area contributed by atoms with Gasteiger partial charge in [-0.3, -0.25) is 0 Å². The first-order chi connectivity index (χ1) is 18.2. The Hall–Kier alpha value is -4.48. The minimum Gasteiger partial charge on any atom is -0.458 e. The second kappa shape index (κ2) is 12.7. The van der Waals surface area contributed by atoms with Crippen LogP contribution in [-0.2, 0) is 16.0 Å². The quantitative estimate of drug-likeness (QED) is 0.227. The molecule has 38 heavy (non-hydrogen) atoms. The predicted molar refractivity (Wildman–Crippen MR) is 147 cm³/mol. The third-order valence-corrected chi connectivity index (χ3v) is 5.44. The van der Waals surface area contributed by atoms with Gasteiger partial charge in [0.2, 0.25) is 5.95 Å². The fraction of sp³-hybridized carbons (Fsp3) is 0.385. The third kappa shape index (κ3) is 7.51. The smallest absolute Gasteiger partial charge is 0.329 e. The van der Waals surface area contributed by atoms with Crippen LogP contribution >= 0.6 is 0 Å². The number of pyridine rings is 1. The Bertz CT molecular complexity index is 1260. The van der Waals surface area contributed by atoms with E-state index in [-0.39, 0.29) is 23.6 Å². The molecular formula is C26H32N8O4. The molecule has 0 unspecified atom stereocenters. The summed E-state index contributed by atoms with van der Waals surface area (Å²) in [4.78, 5) is 50.4. The summed E-state index contributed by atoms with van der Waals surface area (Å²) in [7, 11) is 0. The number of hydrogen-bond acceptors (Lipinski definition) is 12. The first-order valence-corrected chi connectivity index (χ1v) is 12.3. The van der Waals surface area contributed by atoms with Crippen molar-refractivity contribution in [3.05, 3.63) is 64.2 Å². The number of aromatic nitrogens is 3. The van der Waals surface area contributed by atoms with Crippen LogP contribution in [0.3, 0.4) is 0 Å². The Labute approximate surface area is 221 Å². The molecule has 0 aliphatic rings. The van der Waals surface area contributed by atoms with Crippen LogP contribution in [0.15, 0.2) is 59.1 Å². The number of nitroso groups, excluding NO2 is 2. The van der Waals surface area contributed by atoms with Crippen LogP contribution in [0.2, 0.25) is 0 Å². The van der Waals surface area contributed by atoms with Crippen molar-refractivity contribution in [2.24, 2.45) is 10.4 Å². The summed E-state index contributed by atoms with van der Waals surface area (Å²) in [5.41, 5.74) is 0.962. The van der Waals surface area contributed by atoms with Gasteiger partial charge in [-0.25, -0.2) is 14.8 Å². The maximum Gasteiger partial charge on any atom is 0.329 e. The van der Waals surface area contributed by atoms with E-state index >= 15 is 0 Å². The van der Waals surface area contributed by atoms with E-state index in [2.05, 4.69) is 35.9 Å². The second-order valence-corrected chi connectivity index (χ2v) is 9.39. The zero-order valence-corrected chi connectivity index (χ0v) is 22.1. The minimum atomic E-state index is -0.866. The molecule has 1 atom stereocenters. The largest absolute Gasteiger partial charge is 0.458 e. The highest BCUT2D eigenvalue weighted by molar-refractivity contribution is 5.81. The summed E-state index contributed by atoms with van der Waals surface area (Å²) in [5.74, 6) is 0.400. The van der Waals surface area contributed by atoms with Gasteiger partial charge < -0.3 is 20.3 Å². The molecule has 12 heteroatoms. The van der Waals surface area contributed by atoms with Gasteiger partial charge in [0.15, 0.2) is 23.0 Å². The van der Waals surface area contributed by atoms with Crippen molar-refractivity contribution in [3.63, 3.8) is 0 Å². The van der Waals surface area contributed by atoms with Crippen LogP contribution in [0, 0.1) is 9.81 Å². The topological polar surface area (TPSA) is 151 Å². The van der Waals surface area contributed by atoms with Gasteiger partial charge in [-0.1, -0.05) is 12.1 Å². The summed E-state index contributed by atoms with van der Waals surface area (Å²) >= 11 is 0. The Morgan fingerprint density at radius 3 is 2.29 bits per heavy atom. The first kappa shape index (κ1) is 28.1. The van der Waals surface area contributed by atoms with Crippen LogP contribution < -0.4 is 15.5 Å². The number of esters is 1. The number of ether oxygens (including phenoxy) is 1. The molecule has 0 fully saturated rings. The molecule has 0 saturated carbocycles. The number of nitrogens with zero attached hydrogens (tertiary/aromatic N) is 6. The Kier molecular flexibility index (Phi) is 9.36. The number of rotatable bonds is 12. The van der Waals surface area contributed by atoms with Crippen molar-refractivity contribution < 1.29 is 9.53 Å². The molecule has 0 aliphatic heterocycles. The summed E-state index contributed by atoms with van der Waals surface area (Å²) in [6.45, 7) is 10.6. The number of hydrogen-bond donors (Lipinski definition) is 2. The van der Waals surface area contributed by atoms with Gasteiger partial charge in [0.05, 0.1) is 6.20 Å². The van der Waals surface area contributed by atoms with Crippen molar-refractivity contribution in [1.29, 1.82) is 0 Å². The number of nitrogens with one attached hydrogen (secondary N) is 2. The van der Waals surface area contributed by atoms with Crippen LogP contribution in [0.4, 0.5) is 34.6 Å². The van der Waals surface area contributed by atoms with E-state index in [1.54, 1.807) is 51.2 Å². The summed E-state index contributed by atoms with van der Waals surface area (Å²) in [6.07, 6.45) is 3.13. The summed E-state index contributed by atoms with van der Waals surface area (Å²) < 4.78 is 5.64. The lowest BCUT2D eigenvalue weighted by Gasteiger charge is -2.26. The fourth-order valence-electron chi connectivity index (χ4n) is 3.59. The van der Waals surface area contributed by atoms with E-state index in [0.717, 1.165) is 5.56 Å². The molecular weight excluding hydrogens is 488 g/mol. The molecule has 0 amide bonds. The lowest BCUT2D eigenvalue weighted by atomic mass is 10.0. The molecule has 12 nitrogen and oxygen atoms in total. The second-order valence-electron chi connectivity index (χ2n) is 9.39. The number of carbonyl (C=O) groups excluding carboxylic acids is 1. The summed E-state index contributed by atoms with van der Waals surface area (Å²) in [6, 6.07) is 9.59. The number of benzene rings is 1. The van der Waals surface area contributed by atoms with Gasteiger partial charge in [-0.15, -0.1) is 9.81 Å². The van der Waals surface area contributed by atoms with Crippen molar-refractivity contribution >= 4 is 40.6 Å². The normalized spacial score (nSPS) is 11.8. The lowest BCUT2D eigenvalue weighted by molar-refractivity contribution is -0.155. The van der Waals surface area contributed by atoms with Crippen LogP contribution in [0.1, 0.15) is 40.2 Å². The number of anilines is 4. The maximum atomic E-state index is 13.2. The molecule has 2 aromatic heterocycles. The standard InChI is InChI=1S/C26H32N8O4/c1-6-34(7-2)25-28-16-21(33-37)23(31-25)30-20(24(35)38-26(3,4)5)15-17-10-12-18(13-11-17)29-22-19(32-36)9-8-14-27-22/h8-14,16,20H,6-7,15H2,1-5H3,(H,27,29)(H,28,30,31)/t20-/m0/s1. The minimum absolute atomic E-state index is 0.0102.